The van der Waals surface area contributed by atoms with Gasteiger partial charge >= 0.3 is 0 Å². The normalized spacial score (nSPS) is 14.5. The van der Waals surface area contributed by atoms with Gasteiger partial charge in [0.1, 0.15) is 5.76 Å². The number of carbonyl (C=O) groups is 1. The molecule has 188 valence electrons. The lowest BCUT2D eigenvalue weighted by molar-refractivity contribution is 0.0948. The molecule has 1 amide bonds. The average molecular weight is 486 g/mol. The van der Waals surface area contributed by atoms with Gasteiger partial charge in [-0.2, -0.15) is 0 Å². The fourth-order valence-corrected chi connectivity index (χ4v) is 5.37. The van der Waals surface area contributed by atoms with Gasteiger partial charge in [0.15, 0.2) is 5.88 Å². The summed E-state index contributed by atoms with van der Waals surface area (Å²) in [6.45, 7) is 4.56. The summed E-state index contributed by atoms with van der Waals surface area (Å²) in [6, 6.07) is 13.3. The summed E-state index contributed by atoms with van der Waals surface area (Å²) in [5.41, 5.74) is 5.34. The third-order valence-corrected chi connectivity index (χ3v) is 7.39. The molecule has 3 aromatic heterocycles. The number of aromatic nitrogens is 2. The van der Waals surface area contributed by atoms with E-state index in [9.17, 15) is 9.90 Å². The zero-order valence-corrected chi connectivity index (χ0v) is 21.1. The largest absolute Gasteiger partial charge is 0.494 e. The van der Waals surface area contributed by atoms with Crippen LogP contribution in [0.2, 0.25) is 0 Å². The number of nitrogens with zero attached hydrogens (tertiary/aromatic N) is 1. The second-order valence-corrected chi connectivity index (χ2v) is 10.3. The number of pyridine rings is 1. The van der Waals surface area contributed by atoms with Gasteiger partial charge in [-0.3, -0.25) is 9.78 Å². The van der Waals surface area contributed by atoms with E-state index in [0.717, 1.165) is 52.2 Å². The minimum absolute atomic E-state index is 0.148. The van der Waals surface area contributed by atoms with E-state index in [1.54, 1.807) is 12.3 Å². The van der Waals surface area contributed by atoms with E-state index in [-0.39, 0.29) is 17.7 Å². The van der Waals surface area contributed by atoms with Crippen molar-refractivity contribution < 1.29 is 14.3 Å². The molecule has 0 aliphatic heterocycles. The van der Waals surface area contributed by atoms with E-state index in [0.29, 0.717) is 17.9 Å². The first kappa shape index (κ1) is 24.2. The molecule has 1 fully saturated rings. The second kappa shape index (κ2) is 10.6. The predicted octanol–water partition coefficient (Wildman–Crippen LogP) is 7.09. The average Bonchev–Trinajstić information content (AvgIpc) is 3.54. The van der Waals surface area contributed by atoms with Crippen LogP contribution in [0.5, 0.6) is 5.88 Å². The van der Waals surface area contributed by atoms with Crippen molar-refractivity contribution >= 4 is 16.8 Å². The number of carbonyl (C=O) groups excluding carboxylic acids is 1. The Labute approximate surface area is 212 Å². The highest BCUT2D eigenvalue weighted by Gasteiger charge is 2.21. The van der Waals surface area contributed by atoms with Gasteiger partial charge in [-0.25, -0.2) is 0 Å². The lowest BCUT2D eigenvalue weighted by Gasteiger charge is -2.21. The van der Waals surface area contributed by atoms with Gasteiger partial charge in [0.05, 0.1) is 23.7 Å². The lowest BCUT2D eigenvalue weighted by atomic mass is 9.85. The first-order valence-corrected chi connectivity index (χ1v) is 13.1. The van der Waals surface area contributed by atoms with Crippen LogP contribution in [0.1, 0.15) is 85.8 Å². The number of aryl methyl sites for hydroxylation is 1. The molecular formula is C30H35N3O3. The van der Waals surface area contributed by atoms with E-state index < -0.39 is 0 Å². The Balaban J connectivity index is 1.43. The standard InChI is InChI=1S/C30H35N3O3/c1-19(2)27-28-26(30(35)33-27)25(17-23(32-28)15-10-20-7-4-3-5-8-20)21-11-13-22(14-12-21)29(34)31-18-24-9-6-16-36-24/h6,9,11-14,16-17,19-20,33,35H,3-5,7-8,10,15,18H2,1-2H3,(H,31,34). The number of hydrogen-bond donors (Lipinski definition) is 3. The first-order valence-electron chi connectivity index (χ1n) is 13.1. The van der Waals surface area contributed by atoms with Gasteiger partial charge in [-0.05, 0) is 66.1 Å². The molecule has 3 N–H and O–H groups in total. The molecule has 0 spiro atoms. The van der Waals surface area contributed by atoms with Gasteiger partial charge in [0.25, 0.3) is 5.91 Å². The summed E-state index contributed by atoms with van der Waals surface area (Å²) in [6.07, 6.45) is 10.4. The van der Waals surface area contributed by atoms with Crippen LogP contribution in [-0.4, -0.2) is 21.0 Å². The molecule has 0 atom stereocenters. The van der Waals surface area contributed by atoms with Crippen LogP contribution in [-0.2, 0) is 13.0 Å². The molecule has 4 aromatic rings. The SMILES string of the molecule is CC(C)c1[nH]c(O)c2c(-c3ccc(C(=O)NCc4ccco4)cc3)cc(CCC3CCCCC3)nc12. The van der Waals surface area contributed by atoms with Crippen molar-refractivity contribution in [3.05, 3.63) is 71.4 Å². The van der Waals surface area contributed by atoms with Crippen LogP contribution in [0.15, 0.2) is 53.1 Å². The molecule has 5 rings (SSSR count). The third-order valence-electron chi connectivity index (χ3n) is 7.39. The number of rotatable bonds is 8. The molecule has 0 unspecified atom stereocenters. The van der Waals surface area contributed by atoms with Crippen LogP contribution >= 0.6 is 0 Å². The fraction of sp³-hybridized carbons (Fsp3) is 0.400. The molecule has 1 saturated carbocycles. The number of amides is 1. The summed E-state index contributed by atoms with van der Waals surface area (Å²) in [4.78, 5) is 20.8. The van der Waals surface area contributed by atoms with Gasteiger partial charge in [-0.1, -0.05) is 58.1 Å². The van der Waals surface area contributed by atoms with Crippen LogP contribution in [0.4, 0.5) is 0 Å². The number of aromatic hydroxyl groups is 1. The Morgan fingerprint density at radius 1 is 1.17 bits per heavy atom. The lowest BCUT2D eigenvalue weighted by Crippen LogP contribution is -2.22. The van der Waals surface area contributed by atoms with E-state index >= 15 is 0 Å². The zero-order valence-electron chi connectivity index (χ0n) is 21.1. The van der Waals surface area contributed by atoms with Crippen molar-refractivity contribution in [1.82, 2.24) is 15.3 Å². The van der Waals surface area contributed by atoms with Crippen molar-refractivity contribution in [3.63, 3.8) is 0 Å². The molecular weight excluding hydrogens is 450 g/mol. The molecule has 3 heterocycles. The Morgan fingerprint density at radius 2 is 1.94 bits per heavy atom. The molecule has 6 heteroatoms. The number of benzene rings is 1. The van der Waals surface area contributed by atoms with Crippen molar-refractivity contribution in [2.45, 2.75) is 71.3 Å². The molecule has 1 aliphatic rings. The highest BCUT2D eigenvalue weighted by molar-refractivity contribution is 6.01. The number of hydrogen-bond acceptors (Lipinski definition) is 4. The molecule has 1 aromatic carbocycles. The van der Waals surface area contributed by atoms with Crippen molar-refractivity contribution in [3.8, 4) is 17.0 Å². The number of furan rings is 1. The molecule has 0 saturated heterocycles. The van der Waals surface area contributed by atoms with Crippen LogP contribution < -0.4 is 5.32 Å². The first-order chi connectivity index (χ1) is 17.5. The zero-order chi connectivity index (χ0) is 25.1. The van der Waals surface area contributed by atoms with Gasteiger partial charge in [0.2, 0.25) is 0 Å². The van der Waals surface area contributed by atoms with E-state index in [4.69, 9.17) is 9.40 Å². The highest BCUT2D eigenvalue weighted by atomic mass is 16.3. The smallest absolute Gasteiger partial charge is 0.251 e. The quantitative estimate of drug-likeness (QED) is 0.248. The number of nitrogens with one attached hydrogen (secondary N) is 2. The molecule has 36 heavy (non-hydrogen) atoms. The second-order valence-electron chi connectivity index (χ2n) is 10.3. The van der Waals surface area contributed by atoms with Crippen LogP contribution in [0, 0.1) is 5.92 Å². The van der Waals surface area contributed by atoms with E-state index in [2.05, 4.69) is 30.2 Å². The third kappa shape index (κ3) is 5.18. The number of aromatic amines is 1. The topological polar surface area (TPSA) is 91.1 Å². The maximum atomic E-state index is 12.6. The van der Waals surface area contributed by atoms with Crippen LogP contribution in [0.3, 0.4) is 0 Å². The van der Waals surface area contributed by atoms with Gasteiger partial charge < -0.3 is 19.8 Å². The number of H-pyrrole nitrogens is 1. The maximum absolute atomic E-state index is 12.6. The van der Waals surface area contributed by atoms with E-state index in [1.165, 1.54) is 32.1 Å². The van der Waals surface area contributed by atoms with Gasteiger partial charge in [-0.15, -0.1) is 0 Å². The number of fused-ring (bicyclic) bond motifs is 1. The Bertz CT molecular complexity index is 1310. The Kier molecular flexibility index (Phi) is 7.12. The monoisotopic (exact) mass is 485 g/mol. The summed E-state index contributed by atoms with van der Waals surface area (Å²) >= 11 is 0. The maximum Gasteiger partial charge on any atom is 0.251 e. The molecule has 0 radical (unpaired) electrons. The predicted molar refractivity (Wildman–Crippen MR) is 142 cm³/mol. The summed E-state index contributed by atoms with van der Waals surface area (Å²) < 4.78 is 5.29. The molecule has 6 nitrogen and oxygen atoms in total. The minimum Gasteiger partial charge on any atom is -0.494 e. The summed E-state index contributed by atoms with van der Waals surface area (Å²) in [5, 5.41) is 14.5. The highest BCUT2D eigenvalue weighted by Crippen LogP contribution is 2.39. The minimum atomic E-state index is -0.155. The summed E-state index contributed by atoms with van der Waals surface area (Å²) in [7, 11) is 0. The molecule has 0 bridgehead atoms. The van der Waals surface area contributed by atoms with Crippen molar-refractivity contribution in [2.75, 3.05) is 0 Å². The van der Waals surface area contributed by atoms with E-state index in [1.807, 2.05) is 30.3 Å². The summed E-state index contributed by atoms with van der Waals surface area (Å²) in [5.74, 6) is 1.70. The fourth-order valence-electron chi connectivity index (χ4n) is 5.37. The van der Waals surface area contributed by atoms with Gasteiger partial charge in [0, 0.05) is 17.0 Å². The van der Waals surface area contributed by atoms with Crippen molar-refractivity contribution in [1.29, 1.82) is 0 Å². The Hall–Kier alpha value is -3.54. The Morgan fingerprint density at radius 3 is 2.64 bits per heavy atom. The molecule has 1 aliphatic carbocycles. The van der Waals surface area contributed by atoms with Crippen LogP contribution in [0.25, 0.3) is 22.0 Å². The van der Waals surface area contributed by atoms with Crippen molar-refractivity contribution in [2.24, 2.45) is 5.92 Å².